The third-order valence-corrected chi connectivity index (χ3v) is 2.73. The SMILES string of the molecule is COc1ccccc1Oc1nccc(C)c1CN. The monoisotopic (exact) mass is 244 g/mol. The lowest BCUT2D eigenvalue weighted by Crippen LogP contribution is -2.04. The zero-order valence-corrected chi connectivity index (χ0v) is 10.5. The highest BCUT2D eigenvalue weighted by atomic mass is 16.5. The second kappa shape index (κ2) is 5.51. The van der Waals surface area contributed by atoms with Crippen LogP contribution in [0, 0.1) is 6.92 Å². The standard InChI is InChI=1S/C14H16N2O2/c1-10-7-8-16-14(11(10)9-15)18-13-6-4-3-5-12(13)17-2/h3-8H,9,15H2,1-2H3. The summed E-state index contributed by atoms with van der Waals surface area (Å²) in [6, 6.07) is 9.36. The first-order valence-electron chi connectivity index (χ1n) is 5.71. The number of para-hydroxylation sites is 2. The molecule has 0 amide bonds. The van der Waals surface area contributed by atoms with Crippen LogP contribution in [0.25, 0.3) is 0 Å². The maximum atomic E-state index is 5.79. The van der Waals surface area contributed by atoms with E-state index in [1.807, 2.05) is 37.3 Å². The fraction of sp³-hybridized carbons (Fsp3) is 0.214. The van der Waals surface area contributed by atoms with E-state index in [2.05, 4.69) is 4.98 Å². The molecule has 0 spiro atoms. The van der Waals surface area contributed by atoms with Crippen LogP contribution in [-0.2, 0) is 6.54 Å². The number of hydrogen-bond donors (Lipinski definition) is 1. The van der Waals surface area contributed by atoms with E-state index in [0.29, 0.717) is 23.9 Å². The van der Waals surface area contributed by atoms with Crippen molar-refractivity contribution in [3.05, 3.63) is 47.7 Å². The molecule has 1 aromatic heterocycles. The smallest absolute Gasteiger partial charge is 0.224 e. The van der Waals surface area contributed by atoms with Gasteiger partial charge >= 0.3 is 0 Å². The molecule has 0 fully saturated rings. The van der Waals surface area contributed by atoms with E-state index in [4.69, 9.17) is 15.2 Å². The summed E-state index contributed by atoms with van der Waals surface area (Å²) in [5.74, 6) is 1.83. The first kappa shape index (κ1) is 12.4. The number of aromatic nitrogens is 1. The van der Waals surface area contributed by atoms with E-state index in [9.17, 15) is 0 Å². The fourth-order valence-corrected chi connectivity index (χ4v) is 1.71. The largest absolute Gasteiger partial charge is 0.493 e. The van der Waals surface area contributed by atoms with Crippen LogP contribution < -0.4 is 15.2 Å². The molecule has 0 bridgehead atoms. The lowest BCUT2D eigenvalue weighted by Gasteiger charge is -2.12. The lowest BCUT2D eigenvalue weighted by molar-refractivity contribution is 0.372. The normalized spacial score (nSPS) is 10.2. The van der Waals surface area contributed by atoms with E-state index in [-0.39, 0.29) is 0 Å². The van der Waals surface area contributed by atoms with Crippen LogP contribution in [-0.4, -0.2) is 12.1 Å². The first-order valence-corrected chi connectivity index (χ1v) is 5.71. The molecule has 2 rings (SSSR count). The van der Waals surface area contributed by atoms with Crippen LogP contribution in [0.2, 0.25) is 0 Å². The number of nitrogens with two attached hydrogens (primary N) is 1. The Bertz CT molecular complexity index is 541. The summed E-state index contributed by atoms with van der Waals surface area (Å²) in [6.07, 6.45) is 1.71. The second-order valence-corrected chi connectivity index (χ2v) is 3.87. The van der Waals surface area contributed by atoms with Crippen molar-refractivity contribution in [1.82, 2.24) is 4.98 Å². The molecular formula is C14H16N2O2. The molecule has 0 saturated heterocycles. The quantitative estimate of drug-likeness (QED) is 0.898. The molecule has 0 aliphatic carbocycles. The number of benzene rings is 1. The highest BCUT2D eigenvalue weighted by Crippen LogP contribution is 2.32. The molecular weight excluding hydrogens is 228 g/mol. The van der Waals surface area contributed by atoms with Crippen molar-refractivity contribution < 1.29 is 9.47 Å². The van der Waals surface area contributed by atoms with Gasteiger partial charge in [0.05, 0.1) is 7.11 Å². The maximum absolute atomic E-state index is 5.79. The average molecular weight is 244 g/mol. The number of hydrogen-bond acceptors (Lipinski definition) is 4. The van der Waals surface area contributed by atoms with Gasteiger partial charge in [-0.3, -0.25) is 0 Å². The van der Waals surface area contributed by atoms with Gasteiger partial charge in [0.25, 0.3) is 0 Å². The Morgan fingerprint density at radius 1 is 1.17 bits per heavy atom. The molecule has 4 nitrogen and oxygen atoms in total. The number of aryl methyl sites for hydroxylation is 1. The highest BCUT2D eigenvalue weighted by molar-refractivity contribution is 5.43. The highest BCUT2D eigenvalue weighted by Gasteiger charge is 2.10. The molecule has 18 heavy (non-hydrogen) atoms. The minimum atomic E-state index is 0.393. The van der Waals surface area contributed by atoms with Gasteiger partial charge in [-0.25, -0.2) is 4.98 Å². The summed E-state index contributed by atoms with van der Waals surface area (Å²) in [5.41, 5.74) is 7.70. The molecule has 2 N–H and O–H groups in total. The molecule has 1 heterocycles. The van der Waals surface area contributed by atoms with Crippen molar-refractivity contribution in [3.63, 3.8) is 0 Å². The van der Waals surface area contributed by atoms with Gasteiger partial charge < -0.3 is 15.2 Å². The number of methoxy groups -OCH3 is 1. The molecule has 0 aliphatic rings. The molecule has 0 unspecified atom stereocenters. The van der Waals surface area contributed by atoms with E-state index < -0.39 is 0 Å². The van der Waals surface area contributed by atoms with E-state index in [1.54, 1.807) is 13.3 Å². The first-order chi connectivity index (χ1) is 8.76. The van der Waals surface area contributed by atoms with E-state index in [0.717, 1.165) is 11.1 Å². The molecule has 1 aromatic carbocycles. The van der Waals surface area contributed by atoms with Gasteiger partial charge in [0.15, 0.2) is 11.5 Å². The molecule has 2 aromatic rings. The summed E-state index contributed by atoms with van der Waals surface area (Å²) in [4.78, 5) is 4.22. The Kier molecular flexibility index (Phi) is 3.79. The Labute approximate surface area is 106 Å². The van der Waals surface area contributed by atoms with Crippen LogP contribution >= 0.6 is 0 Å². The van der Waals surface area contributed by atoms with Crippen LogP contribution in [0.5, 0.6) is 17.4 Å². The summed E-state index contributed by atoms with van der Waals surface area (Å²) >= 11 is 0. The van der Waals surface area contributed by atoms with Crippen molar-refractivity contribution >= 4 is 0 Å². The fourth-order valence-electron chi connectivity index (χ4n) is 1.71. The van der Waals surface area contributed by atoms with Gasteiger partial charge in [0.1, 0.15) is 0 Å². The molecule has 0 radical (unpaired) electrons. The average Bonchev–Trinajstić information content (AvgIpc) is 2.40. The third kappa shape index (κ3) is 2.43. The van der Waals surface area contributed by atoms with Crippen molar-refractivity contribution in [2.45, 2.75) is 13.5 Å². The van der Waals surface area contributed by atoms with Crippen LogP contribution in [0.15, 0.2) is 36.5 Å². The van der Waals surface area contributed by atoms with E-state index in [1.165, 1.54) is 0 Å². The molecule has 0 saturated carbocycles. The maximum Gasteiger partial charge on any atom is 0.224 e. The van der Waals surface area contributed by atoms with Gasteiger partial charge in [0, 0.05) is 18.3 Å². The number of rotatable bonds is 4. The molecule has 4 heteroatoms. The van der Waals surface area contributed by atoms with Crippen molar-refractivity contribution in [1.29, 1.82) is 0 Å². The van der Waals surface area contributed by atoms with E-state index >= 15 is 0 Å². The Morgan fingerprint density at radius 2 is 1.89 bits per heavy atom. The van der Waals surface area contributed by atoms with Crippen LogP contribution in [0.1, 0.15) is 11.1 Å². The van der Waals surface area contributed by atoms with Crippen LogP contribution in [0.3, 0.4) is 0 Å². The van der Waals surface area contributed by atoms with Gasteiger partial charge in [0.2, 0.25) is 5.88 Å². The Balaban J connectivity index is 2.37. The zero-order chi connectivity index (χ0) is 13.0. The second-order valence-electron chi connectivity index (χ2n) is 3.87. The summed E-state index contributed by atoms with van der Waals surface area (Å²) in [7, 11) is 1.61. The number of nitrogens with zero attached hydrogens (tertiary/aromatic N) is 1. The van der Waals surface area contributed by atoms with Crippen molar-refractivity contribution in [3.8, 4) is 17.4 Å². The van der Waals surface area contributed by atoms with Gasteiger partial charge in [-0.05, 0) is 30.7 Å². The van der Waals surface area contributed by atoms with Gasteiger partial charge in [-0.15, -0.1) is 0 Å². The Hall–Kier alpha value is -2.07. The predicted molar refractivity (Wildman–Crippen MR) is 69.9 cm³/mol. The number of pyridine rings is 1. The topological polar surface area (TPSA) is 57.4 Å². The number of ether oxygens (including phenoxy) is 2. The van der Waals surface area contributed by atoms with Gasteiger partial charge in [-0.2, -0.15) is 0 Å². The van der Waals surface area contributed by atoms with Crippen molar-refractivity contribution in [2.24, 2.45) is 5.73 Å². The lowest BCUT2D eigenvalue weighted by atomic mass is 10.1. The van der Waals surface area contributed by atoms with Crippen molar-refractivity contribution in [2.75, 3.05) is 7.11 Å². The summed E-state index contributed by atoms with van der Waals surface area (Å²) < 4.78 is 11.0. The minimum absolute atomic E-state index is 0.393. The van der Waals surface area contributed by atoms with Gasteiger partial charge in [-0.1, -0.05) is 12.1 Å². The summed E-state index contributed by atoms with van der Waals surface area (Å²) in [5, 5.41) is 0. The van der Waals surface area contributed by atoms with Crippen LogP contribution in [0.4, 0.5) is 0 Å². The Morgan fingerprint density at radius 3 is 2.56 bits per heavy atom. The molecule has 94 valence electrons. The predicted octanol–water partition coefficient (Wildman–Crippen LogP) is 2.65. The zero-order valence-electron chi connectivity index (χ0n) is 10.5. The molecule has 0 atom stereocenters. The molecule has 0 aliphatic heterocycles. The third-order valence-electron chi connectivity index (χ3n) is 2.73. The minimum Gasteiger partial charge on any atom is -0.493 e. The summed E-state index contributed by atoms with van der Waals surface area (Å²) in [6.45, 7) is 2.38.